The Balaban J connectivity index is 1.58. The number of aromatic nitrogens is 3. The van der Waals surface area contributed by atoms with Gasteiger partial charge in [-0.1, -0.05) is 6.92 Å². The lowest BCUT2D eigenvalue weighted by Gasteiger charge is -2.44. The van der Waals surface area contributed by atoms with Crippen LogP contribution in [0, 0.1) is 28.9 Å². The summed E-state index contributed by atoms with van der Waals surface area (Å²) in [4.78, 5) is 20.2. The van der Waals surface area contributed by atoms with Crippen molar-refractivity contribution in [2.75, 3.05) is 13.7 Å². The first-order valence-electron chi connectivity index (χ1n) is 13.7. The monoisotopic (exact) mass is 569 g/mol. The molecule has 8 nitrogen and oxygen atoms in total. The average Bonchev–Trinajstić information content (AvgIpc) is 3.35. The van der Waals surface area contributed by atoms with Crippen LogP contribution in [-0.2, 0) is 6.61 Å². The number of hydrogen-bond acceptors (Lipinski definition) is 6. The molecule has 1 fully saturated rings. The lowest BCUT2D eigenvalue weighted by atomic mass is 9.83. The molecule has 0 radical (unpaired) electrons. The van der Waals surface area contributed by atoms with Gasteiger partial charge >= 0.3 is 0 Å². The molecule has 1 atom stereocenters. The quantitative estimate of drug-likeness (QED) is 0.286. The van der Waals surface area contributed by atoms with Crippen LogP contribution in [0.4, 0.5) is 8.78 Å². The Bertz CT molecular complexity index is 1750. The highest BCUT2D eigenvalue weighted by molar-refractivity contribution is 5.97. The van der Waals surface area contributed by atoms with Crippen molar-refractivity contribution in [2.24, 2.45) is 5.92 Å². The van der Waals surface area contributed by atoms with E-state index in [1.165, 1.54) is 30.1 Å². The van der Waals surface area contributed by atoms with Gasteiger partial charge in [0, 0.05) is 58.9 Å². The fourth-order valence-electron chi connectivity index (χ4n) is 6.16. The zero-order valence-electron chi connectivity index (χ0n) is 23.7. The summed E-state index contributed by atoms with van der Waals surface area (Å²) in [5.74, 6) is -0.381. The first-order chi connectivity index (χ1) is 20.1. The summed E-state index contributed by atoms with van der Waals surface area (Å²) in [6.45, 7) is 6.86. The molecule has 42 heavy (non-hydrogen) atoms. The highest BCUT2D eigenvalue weighted by Crippen LogP contribution is 2.46. The molecule has 214 valence electrons. The molecule has 2 aromatic carbocycles. The summed E-state index contributed by atoms with van der Waals surface area (Å²) < 4.78 is 42.1. The molecule has 2 aliphatic heterocycles. The predicted octanol–water partition coefficient (Wildman–Crippen LogP) is 6.30. The molecular formula is C32H29F2N5O3. The summed E-state index contributed by atoms with van der Waals surface area (Å²) in [6.07, 6.45) is 4.79. The van der Waals surface area contributed by atoms with Crippen molar-refractivity contribution in [2.45, 2.75) is 45.8 Å². The fraction of sp³-hybridized carbons (Fsp3) is 0.312. The van der Waals surface area contributed by atoms with Crippen molar-refractivity contribution in [1.82, 2.24) is 19.7 Å². The van der Waals surface area contributed by atoms with Crippen molar-refractivity contribution in [3.8, 4) is 45.6 Å². The van der Waals surface area contributed by atoms with Crippen LogP contribution in [0.15, 0.2) is 48.8 Å². The number of ether oxygens (including phenoxy) is 2. The maximum Gasteiger partial charge on any atom is 0.275 e. The second kappa shape index (κ2) is 10.2. The number of carbonyl (C=O) groups is 1. The van der Waals surface area contributed by atoms with Crippen molar-refractivity contribution < 1.29 is 23.0 Å². The Morgan fingerprint density at radius 2 is 1.88 bits per heavy atom. The fourth-order valence-corrected chi connectivity index (χ4v) is 6.16. The summed E-state index contributed by atoms with van der Waals surface area (Å²) in [5, 5.41) is 14.1. The summed E-state index contributed by atoms with van der Waals surface area (Å²) in [7, 11) is 1.53. The van der Waals surface area contributed by atoms with Gasteiger partial charge in [0.05, 0.1) is 24.1 Å². The number of rotatable bonds is 4. The number of piperidine rings is 1. The number of benzene rings is 2. The van der Waals surface area contributed by atoms with Gasteiger partial charge in [-0.3, -0.25) is 9.78 Å². The molecule has 0 aliphatic carbocycles. The molecule has 1 unspecified atom stereocenters. The normalized spacial score (nSPS) is 17.1. The van der Waals surface area contributed by atoms with Crippen LogP contribution in [0.25, 0.3) is 28.1 Å². The van der Waals surface area contributed by atoms with Crippen LogP contribution >= 0.6 is 0 Å². The molecular weight excluding hydrogens is 540 g/mol. The van der Waals surface area contributed by atoms with Gasteiger partial charge in [-0.05, 0) is 56.9 Å². The number of likely N-dealkylation sites (tertiary alicyclic amines) is 1. The lowest BCUT2D eigenvalue weighted by molar-refractivity contribution is 0.0332. The Labute approximate surface area is 242 Å². The van der Waals surface area contributed by atoms with Gasteiger partial charge in [-0.2, -0.15) is 10.4 Å². The number of amides is 1. The van der Waals surface area contributed by atoms with Crippen LogP contribution in [0.3, 0.4) is 0 Å². The van der Waals surface area contributed by atoms with Crippen LogP contribution < -0.4 is 9.47 Å². The zero-order chi connectivity index (χ0) is 29.8. The van der Waals surface area contributed by atoms with E-state index in [0.717, 1.165) is 18.9 Å². The smallest absolute Gasteiger partial charge is 0.275 e. The van der Waals surface area contributed by atoms with E-state index in [2.05, 4.69) is 18.0 Å². The summed E-state index contributed by atoms with van der Waals surface area (Å²) >= 11 is 0. The van der Waals surface area contributed by atoms with Crippen molar-refractivity contribution in [3.63, 3.8) is 0 Å². The van der Waals surface area contributed by atoms with Gasteiger partial charge in [-0.15, -0.1) is 0 Å². The number of pyridine rings is 1. The van der Waals surface area contributed by atoms with Gasteiger partial charge in [-0.25, -0.2) is 13.5 Å². The van der Waals surface area contributed by atoms with E-state index in [-0.39, 0.29) is 23.9 Å². The second-order valence-corrected chi connectivity index (χ2v) is 11.5. The Kier molecular flexibility index (Phi) is 6.68. The van der Waals surface area contributed by atoms with Crippen molar-refractivity contribution in [3.05, 3.63) is 77.2 Å². The molecule has 10 heteroatoms. The van der Waals surface area contributed by atoms with E-state index in [4.69, 9.17) is 14.6 Å². The van der Waals surface area contributed by atoms with E-state index < -0.39 is 17.2 Å². The highest BCUT2D eigenvalue weighted by atomic mass is 19.1. The Hall–Kier alpha value is -4.78. The highest BCUT2D eigenvalue weighted by Gasteiger charge is 2.40. The minimum absolute atomic E-state index is 0.0276. The average molecular weight is 570 g/mol. The molecule has 4 heterocycles. The van der Waals surface area contributed by atoms with Gasteiger partial charge in [0.1, 0.15) is 35.8 Å². The van der Waals surface area contributed by atoms with Crippen molar-refractivity contribution in [1.29, 1.82) is 5.26 Å². The number of halogens is 2. The minimum Gasteiger partial charge on any atom is -0.496 e. The number of methoxy groups -OCH3 is 1. The third-order valence-electron chi connectivity index (χ3n) is 8.05. The third-order valence-corrected chi connectivity index (χ3v) is 8.05. The summed E-state index contributed by atoms with van der Waals surface area (Å²) in [5.41, 5.74) is 3.09. The van der Waals surface area contributed by atoms with E-state index >= 15 is 0 Å². The molecule has 6 rings (SSSR count). The molecule has 0 spiro atoms. The van der Waals surface area contributed by atoms with Gasteiger partial charge in [0.2, 0.25) is 0 Å². The zero-order valence-corrected chi connectivity index (χ0v) is 23.7. The lowest BCUT2D eigenvalue weighted by Crippen LogP contribution is -2.52. The Morgan fingerprint density at radius 1 is 1.12 bits per heavy atom. The van der Waals surface area contributed by atoms with E-state index in [0.29, 0.717) is 57.5 Å². The number of fused-ring (bicyclic) bond motifs is 3. The molecule has 4 aromatic rings. The van der Waals surface area contributed by atoms with Gasteiger partial charge in [0.25, 0.3) is 5.91 Å². The second-order valence-electron chi connectivity index (χ2n) is 11.5. The van der Waals surface area contributed by atoms with Crippen LogP contribution in [0.1, 0.15) is 55.2 Å². The molecule has 1 saturated heterocycles. The van der Waals surface area contributed by atoms with Crippen LogP contribution in [0.2, 0.25) is 0 Å². The number of carbonyl (C=O) groups excluding carboxylic acids is 1. The summed E-state index contributed by atoms with van der Waals surface area (Å²) in [6, 6.07) is 10.4. The molecule has 1 amide bonds. The maximum atomic E-state index is 14.5. The Morgan fingerprint density at radius 3 is 2.57 bits per heavy atom. The van der Waals surface area contributed by atoms with E-state index in [1.54, 1.807) is 24.4 Å². The van der Waals surface area contributed by atoms with Gasteiger partial charge in [0.15, 0.2) is 5.69 Å². The van der Waals surface area contributed by atoms with Crippen LogP contribution in [-0.4, -0.2) is 44.8 Å². The molecule has 0 bridgehead atoms. The SMILES string of the molecule is COc1cc2c(cc1-c1cncc(C#N)c1)-c1c(c(C(=O)N3CCC(C)CC3(C)C)nn1-c1cc(F)cc(F)c1)CO2. The predicted molar refractivity (Wildman–Crippen MR) is 151 cm³/mol. The molecule has 2 aliphatic rings. The van der Waals surface area contributed by atoms with E-state index in [9.17, 15) is 18.8 Å². The topological polar surface area (TPSA) is 93.3 Å². The van der Waals surface area contributed by atoms with E-state index in [1.807, 2.05) is 18.7 Å². The number of nitrogens with zero attached hydrogens (tertiary/aromatic N) is 5. The first-order valence-corrected chi connectivity index (χ1v) is 13.7. The molecule has 0 saturated carbocycles. The van der Waals surface area contributed by atoms with Crippen LogP contribution in [0.5, 0.6) is 11.5 Å². The van der Waals surface area contributed by atoms with Crippen molar-refractivity contribution >= 4 is 5.91 Å². The number of hydrogen-bond donors (Lipinski definition) is 0. The third kappa shape index (κ3) is 4.65. The molecule has 0 N–H and O–H groups in total. The molecule has 2 aromatic heterocycles. The number of nitriles is 1. The maximum absolute atomic E-state index is 14.5. The minimum atomic E-state index is -0.768. The van der Waals surface area contributed by atoms with Gasteiger partial charge < -0.3 is 14.4 Å². The standard InChI is InChI=1S/C32H29F2N5O3/c1-18-5-6-38(32(2,3)13-18)31(40)29-26-17-42-28-12-27(41-4)24(20-7-19(14-35)15-36-16-20)11-25(28)30(26)39(37-29)23-9-21(33)8-22(34)10-23/h7-12,15-16,18H,5-6,13,17H2,1-4H3. The first kappa shape index (κ1) is 27.4. The largest absolute Gasteiger partial charge is 0.496 e.